The Morgan fingerprint density at radius 1 is 1.21 bits per heavy atom. The van der Waals surface area contributed by atoms with Crippen LogP contribution in [0, 0.1) is 19.7 Å². The van der Waals surface area contributed by atoms with Gasteiger partial charge in [-0.2, -0.15) is 10.1 Å². The van der Waals surface area contributed by atoms with E-state index < -0.39 is 11.9 Å². The van der Waals surface area contributed by atoms with Crippen molar-refractivity contribution in [1.29, 1.82) is 0 Å². The molecule has 202 valence electrons. The first-order valence-electron chi connectivity index (χ1n) is 12.7. The molecule has 1 aromatic carbocycles. The molecule has 2 aliphatic heterocycles. The summed E-state index contributed by atoms with van der Waals surface area (Å²) in [4.78, 5) is 25.3. The van der Waals surface area contributed by atoms with Gasteiger partial charge < -0.3 is 20.6 Å². The molecule has 0 bridgehead atoms. The number of halogens is 2. The third kappa shape index (κ3) is 5.59. The Labute approximate surface area is 225 Å². The normalized spacial score (nSPS) is 20.6. The van der Waals surface area contributed by atoms with Gasteiger partial charge >= 0.3 is 0 Å². The number of rotatable bonds is 6. The number of hydrogen-bond donors (Lipinski definition) is 4. The van der Waals surface area contributed by atoms with Crippen molar-refractivity contribution < 1.29 is 14.3 Å². The van der Waals surface area contributed by atoms with E-state index in [4.69, 9.17) is 11.6 Å². The maximum Gasteiger partial charge on any atom is 0.240 e. The third-order valence-electron chi connectivity index (χ3n) is 7.36. The topological polar surface area (TPSA) is 122 Å². The summed E-state index contributed by atoms with van der Waals surface area (Å²) in [5, 5.41) is 23.1. The molecule has 0 aliphatic carbocycles. The number of aryl methyl sites for hydroxylation is 2. The van der Waals surface area contributed by atoms with Crippen LogP contribution in [0.1, 0.15) is 42.0 Å². The highest BCUT2D eigenvalue weighted by atomic mass is 35.5. The second-order valence-electron chi connectivity index (χ2n) is 10.2. The van der Waals surface area contributed by atoms with Crippen LogP contribution in [0.3, 0.4) is 0 Å². The van der Waals surface area contributed by atoms with E-state index in [1.165, 1.54) is 6.20 Å². The van der Waals surface area contributed by atoms with Gasteiger partial charge in [0, 0.05) is 31.4 Å². The van der Waals surface area contributed by atoms with E-state index in [-0.39, 0.29) is 29.5 Å². The van der Waals surface area contributed by atoms with Crippen molar-refractivity contribution in [2.45, 2.75) is 51.2 Å². The molecule has 10 nitrogen and oxygen atoms in total. The van der Waals surface area contributed by atoms with Gasteiger partial charge in [-0.3, -0.25) is 14.8 Å². The Morgan fingerprint density at radius 3 is 2.63 bits per heavy atom. The lowest BCUT2D eigenvalue weighted by atomic mass is 9.86. The molecule has 2 saturated heterocycles. The molecule has 3 aromatic rings. The lowest BCUT2D eigenvalue weighted by molar-refractivity contribution is -0.136. The number of aromatic amines is 1. The molecule has 1 unspecified atom stereocenters. The van der Waals surface area contributed by atoms with Crippen LogP contribution in [-0.4, -0.2) is 79.8 Å². The van der Waals surface area contributed by atoms with Crippen molar-refractivity contribution in [3.8, 4) is 0 Å². The summed E-state index contributed by atoms with van der Waals surface area (Å²) < 4.78 is 15.2. The van der Waals surface area contributed by atoms with Gasteiger partial charge in [-0.05, 0) is 69.3 Å². The predicted molar refractivity (Wildman–Crippen MR) is 144 cm³/mol. The number of H-pyrrole nitrogens is 1. The summed E-state index contributed by atoms with van der Waals surface area (Å²) in [6.45, 7) is 5.60. The number of likely N-dealkylation sites (tertiary alicyclic amines) is 2. The summed E-state index contributed by atoms with van der Waals surface area (Å²) >= 11 is 6.23. The van der Waals surface area contributed by atoms with Crippen LogP contribution in [0.5, 0.6) is 0 Å². The second-order valence-corrected chi connectivity index (χ2v) is 10.6. The number of nitrogens with one attached hydrogen (secondary N) is 3. The minimum atomic E-state index is -0.453. The van der Waals surface area contributed by atoms with E-state index in [0.717, 1.165) is 29.7 Å². The molecule has 2 aliphatic rings. The lowest BCUT2D eigenvalue weighted by Gasteiger charge is -2.35. The average Bonchev–Trinajstić information content (AvgIpc) is 3.46. The molecular formula is C26H32ClFN8O2. The Kier molecular flexibility index (Phi) is 7.51. The monoisotopic (exact) mass is 542 g/mol. The van der Waals surface area contributed by atoms with Gasteiger partial charge in [-0.1, -0.05) is 11.6 Å². The molecular weight excluding hydrogens is 511 g/mol. The van der Waals surface area contributed by atoms with Gasteiger partial charge in [0.25, 0.3) is 0 Å². The molecule has 0 radical (unpaired) electrons. The Hall–Kier alpha value is -3.28. The molecule has 2 aromatic heterocycles. The fourth-order valence-corrected chi connectivity index (χ4v) is 5.49. The number of aliphatic hydroxyl groups excluding tert-OH is 1. The molecule has 38 heavy (non-hydrogen) atoms. The van der Waals surface area contributed by atoms with Crippen LogP contribution >= 0.6 is 11.6 Å². The highest BCUT2D eigenvalue weighted by Gasteiger charge is 2.37. The smallest absolute Gasteiger partial charge is 0.240 e. The van der Waals surface area contributed by atoms with Gasteiger partial charge in [0.2, 0.25) is 11.9 Å². The number of carbonyl (C=O) groups is 1. The van der Waals surface area contributed by atoms with Gasteiger partial charge in [-0.25, -0.2) is 9.37 Å². The molecule has 4 heterocycles. The van der Waals surface area contributed by atoms with Crippen LogP contribution in [0.4, 0.5) is 27.7 Å². The van der Waals surface area contributed by atoms with Crippen molar-refractivity contribution in [2.24, 2.45) is 0 Å². The molecule has 12 heteroatoms. The zero-order valence-electron chi connectivity index (χ0n) is 21.6. The number of carbonyl (C=O) groups excluding carboxylic acids is 1. The van der Waals surface area contributed by atoms with Crippen LogP contribution in [0.15, 0.2) is 24.4 Å². The number of aromatic nitrogens is 4. The third-order valence-corrected chi connectivity index (χ3v) is 7.63. The zero-order chi connectivity index (χ0) is 27.0. The largest absolute Gasteiger partial charge is 0.392 e. The van der Waals surface area contributed by atoms with Crippen LogP contribution in [-0.2, 0) is 4.79 Å². The fraction of sp³-hybridized carbons (Fsp3) is 0.462. The van der Waals surface area contributed by atoms with Crippen molar-refractivity contribution in [1.82, 2.24) is 30.0 Å². The zero-order valence-corrected chi connectivity index (χ0v) is 22.4. The van der Waals surface area contributed by atoms with Crippen LogP contribution < -0.4 is 10.6 Å². The van der Waals surface area contributed by atoms with Crippen molar-refractivity contribution in [3.05, 3.63) is 52.1 Å². The number of hydrogen-bond acceptors (Lipinski definition) is 8. The van der Waals surface area contributed by atoms with E-state index >= 15 is 4.39 Å². The maximum absolute atomic E-state index is 15.2. The number of benzene rings is 1. The minimum absolute atomic E-state index is 0.0733. The predicted octanol–water partition coefficient (Wildman–Crippen LogP) is 3.87. The quantitative estimate of drug-likeness (QED) is 0.370. The van der Waals surface area contributed by atoms with Gasteiger partial charge in [-0.15, -0.1) is 0 Å². The number of aliphatic hydroxyl groups is 1. The van der Waals surface area contributed by atoms with E-state index in [0.29, 0.717) is 42.7 Å². The average molecular weight is 543 g/mol. The standard InChI is InChI=1S/C26H32ClFN8O2/c1-14-8-21(30-26-29-12-19(27)24(32-26)31-23-9-15(2)33-34-23)20(28)11-18(14)16-4-6-36(7-5-16)25(38)22-10-17(37)13-35(22)3/h8-9,11-12,16-17,22,37H,4-7,10,13H2,1-3H3,(H3,29,30,31,32,33,34)/t17?,22-/m0/s1. The van der Waals surface area contributed by atoms with Crippen molar-refractivity contribution in [2.75, 3.05) is 37.3 Å². The van der Waals surface area contributed by atoms with Crippen LogP contribution in [0.25, 0.3) is 0 Å². The molecule has 2 fully saturated rings. The molecule has 0 spiro atoms. The fourth-order valence-electron chi connectivity index (χ4n) is 5.35. The van der Waals surface area contributed by atoms with Gasteiger partial charge in [0.15, 0.2) is 11.6 Å². The highest BCUT2D eigenvalue weighted by molar-refractivity contribution is 6.32. The number of likely N-dealkylation sites (N-methyl/N-ethyl adjacent to an activating group) is 1. The maximum atomic E-state index is 15.2. The molecule has 1 amide bonds. The van der Waals surface area contributed by atoms with E-state index in [1.807, 2.05) is 36.8 Å². The number of piperidine rings is 1. The highest BCUT2D eigenvalue weighted by Crippen LogP contribution is 2.34. The SMILES string of the molecule is Cc1cc(Nc2nc(Nc3cc(C)c(C4CCN(C(=O)[C@@H]5CC(O)CN5C)CC4)cc3F)ncc2Cl)n[nH]1. The Balaban J connectivity index is 1.25. The van der Waals surface area contributed by atoms with E-state index in [1.54, 1.807) is 12.1 Å². The summed E-state index contributed by atoms with van der Waals surface area (Å²) in [5.74, 6) is 0.939. The number of amides is 1. The number of nitrogens with zero attached hydrogens (tertiary/aromatic N) is 5. The minimum Gasteiger partial charge on any atom is -0.392 e. The van der Waals surface area contributed by atoms with E-state index in [9.17, 15) is 9.90 Å². The Bertz CT molecular complexity index is 1330. The molecule has 0 saturated carbocycles. The lowest BCUT2D eigenvalue weighted by Crippen LogP contribution is -2.47. The molecule has 5 rings (SSSR count). The number of anilines is 4. The summed E-state index contributed by atoms with van der Waals surface area (Å²) in [7, 11) is 1.87. The van der Waals surface area contributed by atoms with Crippen LogP contribution in [0.2, 0.25) is 5.02 Å². The van der Waals surface area contributed by atoms with Crippen molar-refractivity contribution >= 4 is 40.8 Å². The van der Waals surface area contributed by atoms with Gasteiger partial charge in [0.1, 0.15) is 10.8 Å². The molecule has 2 atom stereocenters. The van der Waals surface area contributed by atoms with Crippen molar-refractivity contribution in [3.63, 3.8) is 0 Å². The summed E-state index contributed by atoms with van der Waals surface area (Å²) in [6, 6.07) is 4.88. The van der Waals surface area contributed by atoms with E-state index in [2.05, 4.69) is 30.8 Å². The first-order valence-corrected chi connectivity index (χ1v) is 13.1. The Morgan fingerprint density at radius 2 is 1.97 bits per heavy atom. The first-order chi connectivity index (χ1) is 18.2. The first kappa shape index (κ1) is 26.3. The summed E-state index contributed by atoms with van der Waals surface area (Å²) in [5.41, 5.74) is 3.05. The number of β-amino-alcohol motifs (C(OH)–C–C–N with tert-alkyl or cyclic N) is 1. The van der Waals surface area contributed by atoms with Gasteiger partial charge in [0.05, 0.1) is 24.0 Å². The summed E-state index contributed by atoms with van der Waals surface area (Å²) in [6.07, 6.45) is 2.99. The molecule has 4 N–H and O–H groups in total. The second kappa shape index (κ2) is 10.8.